The minimum Gasteiger partial charge on any atom is -0.501 e. The third kappa shape index (κ3) is 3.61. The normalized spacial score (nSPS) is 10.0. The van der Waals surface area contributed by atoms with Gasteiger partial charge in [0.25, 0.3) is 13.5 Å². The highest BCUT2D eigenvalue weighted by Gasteiger charge is 2.04. The standard InChI is InChI=1S/C14H16N4O2/c15-11-5-1-3-7-13(11)19-9-18(17)10-20-14-8-4-2-6-12(14)16/h1-8H,9-10,15-16H2. The van der Waals surface area contributed by atoms with Crippen molar-refractivity contribution in [1.82, 2.24) is 0 Å². The van der Waals surface area contributed by atoms with E-state index in [1.807, 2.05) is 0 Å². The number of anilines is 2. The van der Waals surface area contributed by atoms with Crippen molar-refractivity contribution in [3.05, 3.63) is 54.1 Å². The fraction of sp³-hybridized carbons (Fsp3) is 0.143. The molecule has 0 radical (unpaired) electrons. The van der Waals surface area contributed by atoms with E-state index in [1.165, 1.54) is 0 Å². The van der Waals surface area contributed by atoms with Gasteiger partial charge in [-0.05, 0) is 24.3 Å². The summed E-state index contributed by atoms with van der Waals surface area (Å²) in [6.07, 6.45) is 0. The highest BCUT2D eigenvalue weighted by molar-refractivity contribution is 5.52. The second kappa shape index (κ2) is 6.42. The molecular formula is C14H16N4O2. The average Bonchev–Trinajstić information content (AvgIpc) is 2.45. The molecule has 0 fully saturated rings. The minimum absolute atomic E-state index is 0.0685. The van der Waals surface area contributed by atoms with Gasteiger partial charge in [-0.15, -0.1) is 0 Å². The van der Waals surface area contributed by atoms with Crippen LogP contribution in [0.5, 0.6) is 11.5 Å². The molecule has 2 rings (SSSR count). The molecule has 0 spiro atoms. The highest BCUT2D eigenvalue weighted by Crippen LogP contribution is 2.20. The summed E-state index contributed by atoms with van der Waals surface area (Å²) in [6, 6.07) is 14.1. The third-order valence-corrected chi connectivity index (χ3v) is 2.58. The molecule has 0 amide bonds. The molecule has 4 N–H and O–H groups in total. The first-order valence-electron chi connectivity index (χ1n) is 6.05. The van der Waals surface area contributed by atoms with E-state index in [-0.39, 0.29) is 13.5 Å². The molecular weight excluding hydrogens is 256 g/mol. The van der Waals surface area contributed by atoms with Crippen LogP contribution in [0.15, 0.2) is 48.5 Å². The molecule has 6 nitrogen and oxygen atoms in total. The number of rotatable bonds is 6. The number of benzene rings is 2. The Bertz CT molecular complexity index is 550. The van der Waals surface area contributed by atoms with E-state index in [2.05, 4.69) is 0 Å². The van der Waals surface area contributed by atoms with Crippen molar-refractivity contribution in [3.8, 4) is 11.5 Å². The Morgan fingerprint density at radius 3 is 1.60 bits per heavy atom. The summed E-state index contributed by atoms with van der Waals surface area (Å²) >= 11 is 0. The number of nitrogens with two attached hydrogens (primary N) is 2. The van der Waals surface area contributed by atoms with Crippen molar-refractivity contribution in [2.75, 3.05) is 24.9 Å². The van der Waals surface area contributed by atoms with Crippen LogP contribution in [-0.2, 0) is 0 Å². The van der Waals surface area contributed by atoms with Crippen molar-refractivity contribution in [3.63, 3.8) is 0 Å². The lowest BCUT2D eigenvalue weighted by molar-refractivity contribution is -0.603. The molecule has 0 saturated heterocycles. The maximum Gasteiger partial charge on any atom is 0.279 e. The molecule has 6 heteroatoms. The Morgan fingerprint density at radius 1 is 0.800 bits per heavy atom. The lowest BCUT2D eigenvalue weighted by atomic mass is 10.3. The largest absolute Gasteiger partial charge is 0.501 e. The first-order valence-corrected chi connectivity index (χ1v) is 6.05. The van der Waals surface area contributed by atoms with Gasteiger partial charge in [0.1, 0.15) is 11.5 Å². The molecule has 0 aromatic heterocycles. The maximum absolute atomic E-state index is 9.66. The molecule has 20 heavy (non-hydrogen) atoms. The van der Waals surface area contributed by atoms with E-state index in [0.717, 1.165) is 4.70 Å². The molecule has 0 aliphatic rings. The fourth-order valence-corrected chi connectivity index (χ4v) is 1.55. The molecule has 0 aliphatic heterocycles. The van der Waals surface area contributed by atoms with Gasteiger partial charge in [0, 0.05) is 0 Å². The van der Waals surface area contributed by atoms with Crippen LogP contribution in [0.25, 0.3) is 5.53 Å². The zero-order valence-electron chi connectivity index (χ0n) is 10.9. The molecule has 0 bridgehead atoms. The number of ether oxygens (including phenoxy) is 2. The van der Waals surface area contributed by atoms with Crippen LogP contribution in [0.4, 0.5) is 11.4 Å². The van der Waals surface area contributed by atoms with Gasteiger partial charge in [0.2, 0.25) is 0 Å². The lowest BCUT2D eigenvalue weighted by Gasteiger charge is -2.12. The van der Waals surface area contributed by atoms with E-state index >= 15 is 0 Å². The first-order chi connectivity index (χ1) is 9.66. The Kier molecular flexibility index (Phi) is 4.39. The molecule has 0 unspecified atom stereocenters. The van der Waals surface area contributed by atoms with Gasteiger partial charge in [-0.3, -0.25) is 4.70 Å². The van der Waals surface area contributed by atoms with Crippen molar-refractivity contribution in [2.45, 2.75) is 0 Å². The molecule has 0 heterocycles. The summed E-state index contributed by atoms with van der Waals surface area (Å²) in [4.78, 5) is 0. The Balaban J connectivity index is 1.82. The second-order valence-corrected chi connectivity index (χ2v) is 4.13. The Morgan fingerprint density at radius 2 is 1.20 bits per heavy atom. The van der Waals surface area contributed by atoms with Gasteiger partial charge in [-0.1, -0.05) is 24.3 Å². The SMILES string of the molecule is [N-]=[N+](COc1ccccc1N)COc1ccccc1N. The quantitative estimate of drug-likeness (QED) is 0.365. The van der Waals surface area contributed by atoms with Crippen LogP contribution < -0.4 is 20.9 Å². The third-order valence-electron chi connectivity index (χ3n) is 2.58. The number of hydrogen-bond acceptors (Lipinski definition) is 4. The van der Waals surface area contributed by atoms with E-state index in [0.29, 0.717) is 22.9 Å². The van der Waals surface area contributed by atoms with Gasteiger partial charge < -0.3 is 26.5 Å². The Labute approximate surface area is 117 Å². The van der Waals surface area contributed by atoms with Gasteiger partial charge in [0.05, 0.1) is 11.4 Å². The molecule has 0 aliphatic carbocycles. The van der Waals surface area contributed by atoms with E-state index in [4.69, 9.17) is 20.9 Å². The predicted molar refractivity (Wildman–Crippen MR) is 76.3 cm³/mol. The molecule has 2 aromatic rings. The van der Waals surface area contributed by atoms with Crippen LogP contribution in [0.1, 0.15) is 0 Å². The van der Waals surface area contributed by atoms with Crippen molar-refractivity contribution in [2.24, 2.45) is 0 Å². The van der Waals surface area contributed by atoms with Crippen LogP contribution in [0.3, 0.4) is 0 Å². The smallest absolute Gasteiger partial charge is 0.279 e. The first kappa shape index (κ1) is 13.7. The highest BCUT2D eigenvalue weighted by atomic mass is 16.5. The molecule has 104 valence electrons. The zero-order valence-corrected chi connectivity index (χ0v) is 10.9. The van der Waals surface area contributed by atoms with Crippen LogP contribution in [-0.4, -0.2) is 18.2 Å². The molecule has 0 saturated carbocycles. The fourth-order valence-electron chi connectivity index (χ4n) is 1.55. The second-order valence-electron chi connectivity index (χ2n) is 4.13. The summed E-state index contributed by atoms with van der Waals surface area (Å²) < 4.78 is 11.6. The summed E-state index contributed by atoms with van der Waals surface area (Å²) in [7, 11) is 0. The summed E-state index contributed by atoms with van der Waals surface area (Å²) in [5, 5.41) is 0. The van der Waals surface area contributed by atoms with Crippen LogP contribution in [0, 0.1) is 0 Å². The lowest BCUT2D eigenvalue weighted by Crippen LogP contribution is -2.20. The summed E-state index contributed by atoms with van der Waals surface area (Å²) in [5.41, 5.74) is 22.1. The summed E-state index contributed by atoms with van der Waals surface area (Å²) in [6.45, 7) is -0.137. The molecule has 2 aromatic carbocycles. The average molecular weight is 272 g/mol. The zero-order chi connectivity index (χ0) is 14.4. The van der Waals surface area contributed by atoms with Crippen molar-refractivity contribution < 1.29 is 14.2 Å². The Hall–Kier alpha value is -2.76. The van der Waals surface area contributed by atoms with Gasteiger partial charge in [-0.2, -0.15) is 0 Å². The minimum atomic E-state index is -0.0685. The molecule has 0 atom stereocenters. The van der Waals surface area contributed by atoms with Crippen LogP contribution >= 0.6 is 0 Å². The maximum atomic E-state index is 9.66. The number of nitrogen functional groups attached to an aromatic ring is 2. The summed E-state index contributed by atoms with van der Waals surface area (Å²) in [5.74, 6) is 1.01. The van der Waals surface area contributed by atoms with E-state index in [1.54, 1.807) is 48.5 Å². The van der Waals surface area contributed by atoms with Crippen molar-refractivity contribution in [1.29, 1.82) is 0 Å². The van der Waals surface area contributed by atoms with Gasteiger partial charge in [0.15, 0.2) is 0 Å². The van der Waals surface area contributed by atoms with Gasteiger partial charge >= 0.3 is 0 Å². The number of nitrogens with zero attached hydrogens (tertiary/aromatic N) is 2. The van der Waals surface area contributed by atoms with Crippen molar-refractivity contribution >= 4 is 11.4 Å². The van der Waals surface area contributed by atoms with Crippen LogP contribution in [0.2, 0.25) is 0 Å². The van der Waals surface area contributed by atoms with Gasteiger partial charge in [-0.25, -0.2) is 0 Å². The predicted octanol–water partition coefficient (Wildman–Crippen LogP) is 2.26. The van der Waals surface area contributed by atoms with E-state index < -0.39 is 0 Å². The number of hydrogen-bond donors (Lipinski definition) is 2. The monoisotopic (exact) mass is 272 g/mol. The number of para-hydroxylation sites is 4. The van der Waals surface area contributed by atoms with E-state index in [9.17, 15) is 5.53 Å². The topological polar surface area (TPSA) is 95.8 Å².